The van der Waals surface area contributed by atoms with Crippen LogP contribution >= 0.6 is 11.6 Å². The van der Waals surface area contributed by atoms with Gasteiger partial charge in [0.05, 0.1) is 12.8 Å². The van der Waals surface area contributed by atoms with Gasteiger partial charge in [0.2, 0.25) is 11.8 Å². The van der Waals surface area contributed by atoms with Crippen molar-refractivity contribution in [3.63, 3.8) is 0 Å². The summed E-state index contributed by atoms with van der Waals surface area (Å²) in [6.45, 7) is 5.69. The highest BCUT2D eigenvalue weighted by atomic mass is 35.5. The maximum Gasteiger partial charge on any atom is 0.242 e. The van der Waals surface area contributed by atoms with Gasteiger partial charge >= 0.3 is 0 Å². The van der Waals surface area contributed by atoms with Gasteiger partial charge in [-0.3, -0.25) is 9.59 Å². The van der Waals surface area contributed by atoms with E-state index in [9.17, 15) is 14.0 Å². The third-order valence-electron chi connectivity index (χ3n) is 4.12. The number of alkyl halides is 1. The van der Waals surface area contributed by atoms with E-state index in [0.717, 1.165) is 5.56 Å². The Morgan fingerprint density at radius 2 is 1.78 bits per heavy atom. The van der Waals surface area contributed by atoms with Crippen molar-refractivity contribution in [2.75, 3.05) is 6.54 Å². The molecule has 0 N–H and O–H groups in total. The number of nitrogens with zero attached hydrogens (tertiary/aromatic N) is 2. The molecule has 5 nitrogen and oxygen atoms in total. The Kier molecular flexibility index (Phi) is 7.42. The van der Waals surface area contributed by atoms with Crippen LogP contribution in [0.4, 0.5) is 4.39 Å². The maximum absolute atomic E-state index is 13.2. The molecule has 0 aliphatic rings. The number of carbonyl (C=O) groups excluding carboxylic acids is 2. The summed E-state index contributed by atoms with van der Waals surface area (Å²) >= 11 is 5.92. The van der Waals surface area contributed by atoms with Crippen molar-refractivity contribution in [3.8, 4) is 0 Å². The van der Waals surface area contributed by atoms with Crippen LogP contribution in [0.3, 0.4) is 0 Å². The van der Waals surface area contributed by atoms with Gasteiger partial charge in [-0.05, 0) is 50.6 Å². The van der Waals surface area contributed by atoms with Gasteiger partial charge in [-0.15, -0.1) is 11.6 Å². The molecule has 0 bridgehead atoms. The SMILES string of the molecule is CC(Cl)C(=O)N(CC(=O)N(Cc1ccc(F)cc1)Cc1ccco1)C(C)C. The first-order valence-electron chi connectivity index (χ1n) is 8.77. The lowest BCUT2D eigenvalue weighted by Gasteiger charge is -2.30. The lowest BCUT2D eigenvalue weighted by molar-refractivity contribution is -0.142. The first-order valence-corrected chi connectivity index (χ1v) is 9.20. The molecule has 0 radical (unpaired) electrons. The van der Waals surface area contributed by atoms with Crippen LogP contribution in [-0.4, -0.2) is 39.6 Å². The van der Waals surface area contributed by atoms with Crippen LogP contribution in [0.25, 0.3) is 0 Å². The van der Waals surface area contributed by atoms with Crippen LogP contribution in [0.1, 0.15) is 32.1 Å². The number of amides is 2. The van der Waals surface area contributed by atoms with Crippen molar-refractivity contribution < 1.29 is 18.4 Å². The second kappa shape index (κ2) is 9.55. The molecule has 2 amide bonds. The molecular formula is C20H24ClFN2O3. The Labute approximate surface area is 163 Å². The smallest absolute Gasteiger partial charge is 0.242 e. The average Bonchev–Trinajstić information content (AvgIpc) is 3.13. The Balaban J connectivity index is 2.18. The average molecular weight is 395 g/mol. The minimum atomic E-state index is -0.712. The second-order valence-corrected chi connectivity index (χ2v) is 7.29. The summed E-state index contributed by atoms with van der Waals surface area (Å²) in [4.78, 5) is 28.3. The van der Waals surface area contributed by atoms with E-state index in [1.807, 2.05) is 13.8 Å². The molecule has 0 fully saturated rings. The zero-order chi connectivity index (χ0) is 20.0. The van der Waals surface area contributed by atoms with Gasteiger partial charge in [-0.25, -0.2) is 4.39 Å². The first-order chi connectivity index (χ1) is 12.8. The van der Waals surface area contributed by atoms with Gasteiger partial charge in [0.25, 0.3) is 0 Å². The summed E-state index contributed by atoms with van der Waals surface area (Å²) in [5.41, 5.74) is 0.782. The highest BCUT2D eigenvalue weighted by Gasteiger charge is 2.26. The summed E-state index contributed by atoms with van der Waals surface area (Å²) in [6.07, 6.45) is 1.54. The van der Waals surface area contributed by atoms with E-state index in [1.54, 1.807) is 36.1 Å². The van der Waals surface area contributed by atoms with Crippen LogP contribution < -0.4 is 0 Å². The summed E-state index contributed by atoms with van der Waals surface area (Å²) in [5.74, 6) is -0.247. The molecule has 146 valence electrons. The Morgan fingerprint density at radius 1 is 1.11 bits per heavy atom. The van der Waals surface area contributed by atoms with Gasteiger partial charge in [0.1, 0.15) is 23.5 Å². The summed E-state index contributed by atoms with van der Waals surface area (Å²) in [5, 5.41) is -0.712. The molecular weight excluding hydrogens is 371 g/mol. The van der Waals surface area contributed by atoms with E-state index >= 15 is 0 Å². The Hall–Kier alpha value is -2.34. The van der Waals surface area contributed by atoms with Crippen LogP contribution in [0, 0.1) is 5.82 Å². The van der Waals surface area contributed by atoms with Gasteiger partial charge in [-0.1, -0.05) is 12.1 Å². The number of hydrogen-bond acceptors (Lipinski definition) is 3. The van der Waals surface area contributed by atoms with Crippen LogP contribution in [0.15, 0.2) is 47.1 Å². The molecule has 1 aromatic carbocycles. The lowest BCUT2D eigenvalue weighted by Crippen LogP contribution is -2.47. The molecule has 27 heavy (non-hydrogen) atoms. The minimum Gasteiger partial charge on any atom is -0.467 e. The Morgan fingerprint density at radius 3 is 2.30 bits per heavy atom. The standard InChI is InChI=1S/C20H24ClFN2O3/c1-14(2)24(20(26)15(3)21)13-19(25)23(12-18-5-4-10-27-18)11-16-6-8-17(22)9-7-16/h4-10,14-15H,11-13H2,1-3H3. The van der Waals surface area contributed by atoms with E-state index in [2.05, 4.69) is 0 Å². The minimum absolute atomic E-state index is 0.0878. The lowest BCUT2D eigenvalue weighted by atomic mass is 10.2. The number of hydrogen-bond donors (Lipinski definition) is 0. The van der Waals surface area contributed by atoms with Gasteiger partial charge < -0.3 is 14.2 Å². The van der Waals surface area contributed by atoms with E-state index in [1.165, 1.54) is 23.3 Å². The van der Waals surface area contributed by atoms with Crippen molar-refractivity contribution >= 4 is 23.4 Å². The predicted octanol–water partition coefficient (Wildman–Crippen LogP) is 3.81. The number of carbonyl (C=O) groups is 2. The number of halogens is 2. The van der Waals surface area contributed by atoms with E-state index in [4.69, 9.17) is 16.0 Å². The largest absolute Gasteiger partial charge is 0.467 e. The normalized spacial score (nSPS) is 12.1. The molecule has 0 aliphatic carbocycles. The fraction of sp³-hybridized carbons (Fsp3) is 0.400. The zero-order valence-electron chi connectivity index (χ0n) is 15.7. The third-order valence-corrected chi connectivity index (χ3v) is 4.31. The molecule has 2 aromatic rings. The number of benzene rings is 1. The first kappa shape index (κ1) is 21.0. The molecule has 7 heteroatoms. The highest BCUT2D eigenvalue weighted by Crippen LogP contribution is 2.14. The predicted molar refractivity (Wildman–Crippen MR) is 102 cm³/mol. The van der Waals surface area contributed by atoms with E-state index in [0.29, 0.717) is 5.76 Å². The molecule has 1 heterocycles. The molecule has 1 aromatic heterocycles. The van der Waals surface area contributed by atoms with Gasteiger partial charge in [-0.2, -0.15) is 0 Å². The fourth-order valence-electron chi connectivity index (χ4n) is 2.62. The Bertz CT molecular complexity index is 745. The molecule has 0 saturated carbocycles. The topological polar surface area (TPSA) is 53.8 Å². The maximum atomic E-state index is 13.2. The molecule has 0 saturated heterocycles. The van der Waals surface area contributed by atoms with Crippen LogP contribution in [0.2, 0.25) is 0 Å². The molecule has 0 spiro atoms. The van der Waals surface area contributed by atoms with Crippen molar-refractivity contribution in [3.05, 3.63) is 59.8 Å². The van der Waals surface area contributed by atoms with Crippen molar-refractivity contribution in [2.24, 2.45) is 0 Å². The molecule has 1 unspecified atom stereocenters. The third kappa shape index (κ3) is 6.10. The number of rotatable bonds is 8. The molecule has 0 aliphatic heterocycles. The molecule has 2 rings (SSSR count). The molecule has 1 atom stereocenters. The summed E-state index contributed by atoms with van der Waals surface area (Å²) in [6, 6.07) is 9.31. The highest BCUT2D eigenvalue weighted by molar-refractivity contribution is 6.30. The summed E-state index contributed by atoms with van der Waals surface area (Å²) in [7, 11) is 0. The van der Waals surface area contributed by atoms with Crippen molar-refractivity contribution in [2.45, 2.75) is 45.3 Å². The quantitative estimate of drug-likeness (QED) is 0.640. The van der Waals surface area contributed by atoms with E-state index < -0.39 is 5.38 Å². The zero-order valence-corrected chi connectivity index (χ0v) is 16.4. The van der Waals surface area contributed by atoms with Crippen LogP contribution in [-0.2, 0) is 22.7 Å². The monoisotopic (exact) mass is 394 g/mol. The number of furan rings is 1. The second-order valence-electron chi connectivity index (χ2n) is 6.63. The fourth-order valence-corrected chi connectivity index (χ4v) is 2.75. The van der Waals surface area contributed by atoms with E-state index in [-0.39, 0.29) is 43.3 Å². The van der Waals surface area contributed by atoms with Gasteiger partial charge in [0, 0.05) is 12.6 Å². The summed E-state index contributed by atoms with van der Waals surface area (Å²) < 4.78 is 18.5. The van der Waals surface area contributed by atoms with Crippen molar-refractivity contribution in [1.82, 2.24) is 9.80 Å². The van der Waals surface area contributed by atoms with Crippen molar-refractivity contribution in [1.29, 1.82) is 0 Å². The van der Waals surface area contributed by atoms with Crippen LogP contribution in [0.5, 0.6) is 0 Å². The van der Waals surface area contributed by atoms with Gasteiger partial charge in [0.15, 0.2) is 0 Å².